The van der Waals surface area contributed by atoms with Crippen molar-refractivity contribution < 1.29 is 14.3 Å². The summed E-state index contributed by atoms with van der Waals surface area (Å²) in [7, 11) is 1.59. The predicted octanol–water partition coefficient (Wildman–Crippen LogP) is 2.37. The minimum absolute atomic E-state index is 0.0890. The molecule has 1 aliphatic heterocycles. The van der Waals surface area contributed by atoms with Gasteiger partial charge in [0, 0.05) is 18.7 Å². The van der Waals surface area contributed by atoms with Gasteiger partial charge in [-0.05, 0) is 47.0 Å². The summed E-state index contributed by atoms with van der Waals surface area (Å²) >= 11 is 3.36. The van der Waals surface area contributed by atoms with Gasteiger partial charge in [-0.15, -0.1) is 0 Å². The van der Waals surface area contributed by atoms with E-state index >= 15 is 0 Å². The third-order valence-corrected chi connectivity index (χ3v) is 3.55. The van der Waals surface area contributed by atoms with E-state index in [1.54, 1.807) is 25.3 Å². The monoisotopic (exact) mass is 313 g/mol. The Morgan fingerprint density at radius 3 is 3.06 bits per heavy atom. The highest BCUT2D eigenvalue weighted by atomic mass is 79.9. The summed E-state index contributed by atoms with van der Waals surface area (Å²) in [4.78, 5) is 11.9. The maximum absolute atomic E-state index is 11.9. The van der Waals surface area contributed by atoms with Gasteiger partial charge >= 0.3 is 0 Å². The Morgan fingerprint density at radius 1 is 1.61 bits per heavy atom. The second kappa shape index (κ2) is 6.20. The first kappa shape index (κ1) is 13.4. The second-order valence-corrected chi connectivity index (χ2v) is 5.05. The summed E-state index contributed by atoms with van der Waals surface area (Å²) in [6, 6.07) is 5.27. The van der Waals surface area contributed by atoms with Crippen LogP contribution in [-0.2, 0) is 4.74 Å². The molecule has 0 saturated carbocycles. The molecule has 1 aromatic carbocycles. The quantitative estimate of drug-likeness (QED) is 0.928. The van der Waals surface area contributed by atoms with Crippen LogP contribution in [0.2, 0.25) is 0 Å². The third-order valence-electron chi connectivity index (χ3n) is 2.93. The van der Waals surface area contributed by atoms with E-state index in [2.05, 4.69) is 21.2 Å². The fourth-order valence-corrected chi connectivity index (χ4v) is 2.46. The summed E-state index contributed by atoms with van der Waals surface area (Å²) in [6.45, 7) is 1.37. The first-order chi connectivity index (χ1) is 8.70. The van der Waals surface area contributed by atoms with Gasteiger partial charge in [0.2, 0.25) is 0 Å². The number of amides is 1. The summed E-state index contributed by atoms with van der Waals surface area (Å²) in [6.07, 6.45) is 2.26. The van der Waals surface area contributed by atoms with E-state index in [1.807, 2.05) is 0 Å². The number of methoxy groups -OCH3 is 1. The SMILES string of the molecule is COc1ccc(C(=O)NC[C@@H]2CCCO2)cc1Br. The highest BCUT2D eigenvalue weighted by molar-refractivity contribution is 9.10. The highest BCUT2D eigenvalue weighted by Crippen LogP contribution is 2.25. The number of carbonyl (C=O) groups is 1. The van der Waals surface area contributed by atoms with Gasteiger partial charge in [-0.3, -0.25) is 4.79 Å². The molecular formula is C13H16BrNO3. The number of rotatable bonds is 4. The molecule has 0 aromatic heterocycles. The zero-order chi connectivity index (χ0) is 13.0. The van der Waals surface area contributed by atoms with Gasteiger partial charge < -0.3 is 14.8 Å². The van der Waals surface area contributed by atoms with Crippen molar-refractivity contribution in [2.24, 2.45) is 0 Å². The normalized spacial score (nSPS) is 18.7. The molecule has 1 atom stereocenters. The van der Waals surface area contributed by atoms with Crippen molar-refractivity contribution in [2.75, 3.05) is 20.3 Å². The fraction of sp³-hybridized carbons (Fsp3) is 0.462. The van der Waals surface area contributed by atoms with Gasteiger partial charge in [0.15, 0.2) is 0 Å². The topological polar surface area (TPSA) is 47.6 Å². The van der Waals surface area contributed by atoms with Gasteiger partial charge in [0.05, 0.1) is 17.7 Å². The Hall–Kier alpha value is -1.07. The first-order valence-corrected chi connectivity index (χ1v) is 6.73. The number of carbonyl (C=O) groups excluding carboxylic acids is 1. The van der Waals surface area contributed by atoms with E-state index in [0.29, 0.717) is 17.9 Å². The van der Waals surface area contributed by atoms with Crippen molar-refractivity contribution in [3.8, 4) is 5.75 Å². The van der Waals surface area contributed by atoms with Gasteiger partial charge in [-0.25, -0.2) is 0 Å². The van der Waals surface area contributed by atoms with Crippen molar-refractivity contribution in [1.29, 1.82) is 0 Å². The molecule has 5 heteroatoms. The van der Waals surface area contributed by atoms with Gasteiger partial charge in [-0.1, -0.05) is 0 Å². The Kier molecular flexibility index (Phi) is 4.60. The molecule has 4 nitrogen and oxygen atoms in total. The van der Waals surface area contributed by atoms with Crippen LogP contribution >= 0.6 is 15.9 Å². The summed E-state index contributed by atoms with van der Waals surface area (Å²) in [5, 5.41) is 2.88. The molecule has 18 heavy (non-hydrogen) atoms. The molecule has 0 radical (unpaired) electrons. The molecular weight excluding hydrogens is 298 g/mol. The van der Waals surface area contributed by atoms with Crippen LogP contribution in [0.1, 0.15) is 23.2 Å². The molecule has 0 spiro atoms. The Balaban J connectivity index is 1.93. The smallest absolute Gasteiger partial charge is 0.251 e. The fourth-order valence-electron chi connectivity index (χ4n) is 1.92. The van der Waals surface area contributed by atoms with E-state index in [1.165, 1.54) is 0 Å². The molecule has 1 saturated heterocycles. The molecule has 1 fully saturated rings. The molecule has 0 bridgehead atoms. The van der Waals surface area contributed by atoms with Crippen LogP contribution in [-0.4, -0.2) is 32.3 Å². The first-order valence-electron chi connectivity index (χ1n) is 5.94. The standard InChI is InChI=1S/C13H16BrNO3/c1-17-12-5-4-9(7-11(12)14)13(16)15-8-10-3-2-6-18-10/h4-5,7,10H,2-3,6,8H2,1H3,(H,15,16)/t10-/m0/s1. The molecule has 2 rings (SSSR count). The summed E-state index contributed by atoms with van der Waals surface area (Å²) < 4.78 is 11.4. The molecule has 1 heterocycles. The number of benzene rings is 1. The van der Waals surface area contributed by atoms with Gasteiger partial charge in [-0.2, -0.15) is 0 Å². The number of halogens is 1. The molecule has 98 valence electrons. The van der Waals surface area contributed by atoms with E-state index in [-0.39, 0.29) is 12.0 Å². The lowest BCUT2D eigenvalue weighted by molar-refractivity contribution is 0.0857. The van der Waals surface area contributed by atoms with Crippen LogP contribution in [0.5, 0.6) is 5.75 Å². The zero-order valence-corrected chi connectivity index (χ0v) is 11.8. The maximum atomic E-state index is 11.9. The zero-order valence-electron chi connectivity index (χ0n) is 10.2. The summed E-state index contributed by atoms with van der Waals surface area (Å²) in [5.41, 5.74) is 0.612. The lowest BCUT2D eigenvalue weighted by Crippen LogP contribution is -2.31. The molecule has 1 amide bonds. The average molecular weight is 314 g/mol. The van der Waals surface area contributed by atoms with Gasteiger partial charge in [0.25, 0.3) is 5.91 Å². The largest absolute Gasteiger partial charge is 0.496 e. The minimum Gasteiger partial charge on any atom is -0.496 e. The van der Waals surface area contributed by atoms with Crippen molar-refractivity contribution in [3.63, 3.8) is 0 Å². The van der Waals surface area contributed by atoms with Crippen LogP contribution < -0.4 is 10.1 Å². The summed E-state index contributed by atoms with van der Waals surface area (Å²) in [5.74, 6) is 0.625. The van der Waals surface area contributed by atoms with Crippen LogP contribution in [0, 0.1) is 0 Å². The molecule has 1 N–H and O–H groups in total. The van der Waals surface area contributed by atoms with Crippen molar-refractivity contribution >= 4 is 21.8 Å². The highest BCUT2D eigenvalue weighted by Gasteiger charge is 2.17. The molecule has 0 aliphatic carbocycles. The maximum Gasteiger partial charge on any atom is 0.251 e. The van der Waals surface area contributed by atoms with Crippen LogP contribution in [0.3, 0.4) is 0 Å². The Morgan fingerprint density at radius 2 is 2.44 bits per heavy atom. The predicted molar refractivity (Wildman–Crippen MR) is 72.0 cm³/mol. The number of hydrogen-bond donors (Lipinski definition) is 1. The number of nitrogens with one attached hydrogen (secondary N) is 1. The van der Waals surface area contributed by atoms with Crippen molar-refractivity contribution in [2.45, 2.75) is 18.9 Å². The Labute approximate surface area is 115 Å². The van der Waals surface area contributed by atoms with Crippen LogP contribution in [0.4, 0.5) is 0 Å². The Bertz CT molecular complexity index is 430. The minimum atomic E-state index is -0.0890. The van der Waals surface area contributed by atoms with Crippen molar-refractivity contribution in [3.05, 3.63) is 28.2 Å². The molecule has 0 unspecified atom stereocenters. The van der Waals surface area contributed by atoms with E-state index < -0.39 is 0 Å². The lowest BCUT2D eigenvalue weighted by Gasteiger charge is -2.11. The average Bonchev–Trinajstić information content (AvgIpc) is 2.89. The van der Waals surface area contributed by atoms with Crippen LogP contribution in [0.15, 0.2) is 22.7 Å². The number of ether oxygens (including phenoxy) is 2. The van der Waals surface area contributed by atoms with E-state index in [0.717, 1.165) is 23.9 Å². The van der Waals surface area contributed by atoms with E-state index in [9.17, 15) is 4.79 Å². The number of hydrogen-bond acceptors (Lipinski definition) is 3. The molecule has 1 aromatic rings. The molecule has 1 aliphatic rings. The second-order valence-electron chi connectivity index (χ2n) is 4.19. The van der Waals surface area contributed by atoms with E-state index in [4.69, 9.17) is 9.47 Å². The lowest BCUT2D eigenvalue weighted by atomic mass is 10.2. The van der Waals surface area contributed by atoms with Crippen molar-refractivity contribution in [1.82, 2.24) is 5.32 Å². The van der Waals surface area contributed by atoms with Gasteiger partial charge in [0.1, 0.15) is 5.75 Å². The van der Waals surface area contributed by atoms with Crippen LogP contribution in [0.25, 0.3) is 0 Å². The third kappa shape index (κ3) is 3.23.